The Morgan fingerprint density at radius 2 is 2.23 bits per heavy atom. The number of alkyl halides is 1. The predicted octanol–water partition coefficient (Wildman–Crippen LogP) is 3.27. The average molecular weight is 241 g/mol. The van der Waals surface area contributed by atoms with Crippen molar-refractivity contribution in [1.29, 1.82) is 0 Å². The summed E-state index contributed by atoms with van der Waals surface area (Å²) in [6.07, 6.45) is 0.816. The molecule has 0 spiro atoms. The summed E-state index contributed by atoms with van der Waals surface area (Å²) >= 11 is 3.29. The van der Waals surface area contributed by atoms with Crippen LogP contribution in [0.4, 0.5) is 4.39 Å². The van der Waals surface area contributed by atoms with Gasteiger partial charge in [0.25, 0.3) is 0 Å². The Bertz CT molecular complexity index is 347. The molecule has 1 aromatic rings. The molecule has 0 fully saturated rings. The molecule has 13 heavy (non-hydrogen) atoms. The SMILES string of the molecule is Cc1cc(C#CCCBr)ccc1F. The average Bonchev–Trinajstić information content (AvgIpc) is 2.12. The zero-order valence-corrected chi connectivity index (χ0v) is 8.99. The van der Waals surface area contributed by atoms with Crippen LogP contribution in [0.1, 0.15) is 17.5 Å². The van der Waals surface area contributed by atoms with E-state index in [2.05, 4.69) is 27.8 Å². The van der Waals surface area contributed by atoms with Crippen LogP contribution in [0.2, 0.25) is 0 Å². The Labute approximate surface area is 86.3 Å². The third-order valence-corrected chi connectivity index (χ3v) is 2.01. The summed E-state index contributed by atoms with van der Waals surface area (Å²) < 4.78 is 12.8. The Balaban J connectivity index is 2.81. The molecule has 0 amide bonds. The normalized spacial score (nSPS) is 9.15. The Hall–Kier alpha value is -0.810. The summed E-state index contributed by atoms with van der Waals surface area (Å²) in [5.41, 5.74) is 1.52. The van der Waals surface area contributed by atoms with Gasteiger partial charge in [0.1, 0.15) is 5.82 Å². The van der Waals surface area contributed by atoms with Crippen molar-refractivity contribution in [1.82, 2.24) is 0 Å². The lowest BCUT2D eigenvalue weighted by atomic mass is 10.1. The van der Waals surface area contributed by atoms with Crippen LogP contribution in [0.15, 0.2) is 18.2 Å². The molecule has 0 aliphatic heterocycles. The summed E-state index contributed by atoms with van der Waals surface area (Å²) in [6.45, 7) is 1.74. The van der Waals surface area contributed by atoms with Gasteiger partial charge in [-0.2, -0.15) is 0 Å². The maximum Gasteiger partial charge on any atom is 0.126 e. The standard InChI is InChI=1S/C11H10BrF/c1-9-8-10(4-2-3-7-12)5-6-11(9)13/h5-6,8H,3,7H2,1H3. The van der Waals surface area contributed by atoms with E-state index in [1.807, 2.05) is 0 Å². The number of rotatable bonds is 1. The molecule has 1 rings (SSSR count). The Morgan fingerprint density at radius 1 is 1.46 bits per heavy atom. The maximum atomic E-state index is 12.8. The summed E-state index contributed by atoms with van der Waals surface area (Å²) in [4.78, 5) is 0. The minimum atomic E-state index is -0.175. The van der Waals surface area contributed by atoms with Gasteiger partial charge >= 0.3 is 0 Å². The van der Waals surface area contributed by atoms with Crippen LogP contribution in [0.5, 0.6) is 0 Å². The van der Waals surface area contributed by atoms with E-state index in [4.69, 9.17) is 0 Å². The van der Waals surface area contributed by atoms with Crippen LogP contribution in [0.25, 0.3) is 0 Å². The number of benzene rings is 1. The molecule has 1 aromatic carbocycles. The second-order valence-electron chi connectivity index (χ2n) is 2.70. The van der Waals surface area contributed by atoms with Crippen molar-refractivity contribution < 1.29 is 4.39 Å². The van der Waals surface area contributed by atoms with E-state index in [9.17, 15) is 4.39 Å². The van der Waals surface area contributed by atoms with Crippen molar-refractivity contribution in [2.24, 2.45) is 0 Å². The van der Waals surface area contributed by atoms with Crippen LogP contribution in [-0.2, 0) is 0 Å². The minimum Gasteiger partial charge on any atom is -0.207 e. The van der Waals surface area contributed by atoms with Gasteiger partial charge in [0.05, 0.1) is 0 Å². The monoisotopic (exact) mass is 240 g/mol. The highest BCUT2D eigenvalue weighted by Gasteiger charge is 1.95. The minimum absolute atomic E-state index is 0.175. The Kier molecular flexibility index (Phi) is 3.98. The van der Waals surface area contributed by atoms with E-state index >= 15 is 0 Å². The van der Waals surface area contributed by atoms with E-state index < -0.39 is 0 Å². The fourth-order valence-corrected chi connectivity index (χ4v) is 1.13. The molecular weight excluding hydrogens is 231 g/mol. The summed E-state index contributed by atoms with van der Waals surface area (Å²) in [5, 5.41) is 0.875. The van der Waals surface area contributed by atoms with Crippen LogP contribution in [-0.4, -0.2) is 5.33 Å². The van der Waals surface area contributed by atoms with Crippen LogP contribution >= 0.6 is 15.9 Å². The van der Waals surface area contributed by atoms with Gasteiger partial charge in [-0.1, -0.05) is 27.8 Å². The van der Waals surface area contributed by atoms with Crippen LogP contribution in [0.3, 0.4) is 0 Å². The van der Waals surface area contributed by atoms with Crippen molar-refractivity contribution in [2.45, 2.75) is 13.3 Å². The van der Waals surface area contributed by atoms with Gasteiger partial charge in [0.2, 0.25) is 0 Å². The molecule has 0 N–H and O–H groups in total. The third-order valence-electron chi connectivity index (χ3n) is 1.61. The maximum absolute atomic E-state index is 12.8. The zero-order valence-electron chi connectivity index (χ0n) is 7.40. The topological polar surface area (TPSA) is 0 Å². The molecule has 0 bridgehead atoms. The lowest BCUT2D eigenvalue weighted by Gasteiger charge is -1.95. The molecule has 0 nitrogen and oxygen atoms in total. The molecular formula is C11H10BrF. The highest BCUT2D eigenvalue weighted by atomic mass is 79.9. The van der Waals surface area contributed by atoms with E-state index in [0.29, 0.717) is 5.56 Å². The number of hydrogen-bond donors (Lipinski definition) is 0. The smallest absolute Gasteiger partial charge is 0.126 e. The van der Waals surface area contributed by atoms with Crippen molar-refractivity contribution in [3.63, 3.8) is 0 Å². The largest absolute Gasteiger partial charge is 0.207 e. The first kappa shape index (κ1) is 10.3. The predicted molar refractivity (Wildman–Crippen MR) is 56.4 cm³/mol. The van der Waals surface area contributed by atoms with Gasteiger partial charge in [0, 0.05) is 17.3 Å². The highest BCUT2D eigenvalue weighted by Crippen LogP contribution is 2.07. The van der Waals surface area contributed by atoms with E-state index in [0.717, 1.165) is 17.3 Å². The van der Waals surface area contributed by atoms with Gasteiger partial charge in [0.15, 0.2) is 0 Å². The molecule has 0 aliphatic carbocycles. The van der Waals surface area contributed by atoms with E-state index in [1.54, 1.807) is 19.1 Å². The van der Waals surface area contributed by atoms with E-state index in [1.165, 1.54) is 6.07 Å². The second-order valence-corrected chi connectivity index (χ2v) is 3.50. The highest BCUT2D eigenvalue weighted by molar-refractivity contribution is 9.09. The molecule has 0 saturated heterocycles. The van der Waals surface area contributed by atoms with Crippen molar-refractivity contribution >= 4 is 15.9 Å². The number of halogens is 2. The quantitative estimate of drug-likeness (QED) is 0.523. The molecule has 0 radical (unpaired) electrons. The lowest BCUT2D eigenvalue weighted by Crippen LogP contribution is -1.83. The summed E-state index contributed by atoms with van der Waals surface area (Å²) in [6, 6.07) is 4.91. The third kappa shape index (κ3) is 3.20. The molecule has 0 atom stereocenters. The molecule has 2 heteroatoms. The first-order valence-corrected chi connectivity index (χ1v) is 5.17. The molecule has 0 aromatic heterocycles. The van der Waals surface area contributed by atoms with Crippen LogP contribution in [0, 0.1) is 24.6 Å². The molecule has 0 aliphatic rings. The van der Waals surface area contributed by atoms with Crippen molar-refractivity contribution in [3.05, 3.63) is 35.1 Å². The number of aryl methyl sites for hydroxylation is 1. The first-order chi connectivity index (χ1) is 6.24. The molecule has 68 valence electrons. The van der Waals surface area contributed by atoms with E-state index in [-0.39, 0.29) is 5.82 Å². The van der Waals surface area contributed by atoms with Gasteiger partial charge in [-0.25, -0.2) is 4.39 Å². The van der Waals surface area contributed by atoms with Gasteiger partial charge in [-0.15, -0.1) is 0 Å². The van der Waals surface area contributed by atoms with Crippen LogP contribution < -0.4 is 0 Å². The van der Waals surface area contributed by atoms with Gasteiger partial charge in [-0.05, 0) is 30.7 Å². The fourth-order valence-electron chi connectivity index (χ4n) is 0.934. The van der Waals surface area contributed by atoms with Gasteiger partial charge < -0.3 is 0 Å². The Morgan fingerprint density at radius 3 is 2.85 bits per heavy atom. The first-order valence-electron chi connectivity index (χ1n) is 4.05. The zero-order chi connectivity index (χ0) is 9.68. The van der Waals surface area contributed by atoms with Gasteiger partial charge in [-0.3, -0.25) is 0 Å². The fraction of sp³-hybridized carbons (Fsp3) is 0.273. The second kappa shape index (κ2) is 5.04. The van der Waals surface area contributed by atoms with Crippen molar-refractivity contribution in [2.75, 3.05) is 5.33 Å². The summed E-state index contributed by atoms with van der Waals surface area (Å²) in [5.74, 6) is 5.77. The summed E-state index contributed by atoms with van der Waals surface area (Å²) in [7, 11) is 0. The number of hydrogen-bond acceptors (Lipinski definition) is 0. The lowest BCUT2D eigenvalue weighted by molar-refractivity contribution is 0.618. The molecule has 0 saturated carbocycles. The molecule has 0 unspecified atom stereocenters. The van der Waals surface area contributed by atoms with Crippen molar-refractivity contribution in [3.8, 4) is 11.8 Å². The molecule has 0 heterocycles.